The Labute approximate surface area is 120 Å². The number of nitrogens with one attached hydrogen (secondary N) is 1. The molecule has 2 aromatic rings. The minimum absolute atomic E-state index is 0.144. The molecule has 0 spiro atoms. The van der Waals surface area contributed by atoms with Gasteiger partial charge in [0.1, 0.15) is 5.76 Å². The predicted molar refractivity (Wildman–Crippen MR) is 75.0 cm³/mol. The first-order valence-corrected chi connectivity index (χ1v) is 6.32. The summed E-state index contributed by atoms with van der Waals surface area (Å²) in [7, 11) is 0. The molecular formula is C14H12ClNO4. The van der Waals surface area contributed by atoms with Crippen LogP contribution in [0, 0.1) is 0 Å². The number of carboxylic acids is 1. The lowest BCUT2D eigenvalue weighted by Gasteiger charge is -2.07. The van der Waals surface area contributed by atoms with E-state index in [4.69, 9.17) is 21.1 Å². The Morgan fingerprint density at radius 3 is 2.65 bits per heavy atom. The van der Waals surface area contributed by atoms with Gasteiger partial charge in [-0.15, -0.1) is 0 Å². The molecular weight excluding hydrogens is 282 g/mol. The molecule has 0 saturated heterocycles. The lowest BCUT2D eigenvalue weighted by Crippen LogP contribution is -2.09. The van der Waals surface area contributed by atoms with Crippen molar-refractivity contribution >= 4 is 29.2 Å². The van der Waals surface area contributed by atoms with Crippen LogP contribution in [0.15, 0.2) is 34.7 Å². The van der Waals surface area contributed by atoms with Crippen molar-refractivity contribution in [2.45, 2.75) is 13.3 Å². The van der Waals surface area contributed by atoms with Gasteiger partial charge in [0.25, 0.3) is 0 Å². The molecule has 0 saturated carbocycles. The normalized spacial score (nSPS) is 10.3. The minimum Gasteiger partial charge on any atom is -0.475 e. The summed E-state index contributed by atoms with van der Waals surface area (Å²) in [6.07, 6.45) is 0.338. The van der Waals surface area contributed by atoms with Crippen LogP contribution in [0.2, 0.25) is 5.02 Å². The van der Waals surface area contributed by atoms with Crippen molar-refractivity contribution in [1.82, 2.24) is 0 Å². The van der Waals surface area contributed by atoms with Crippen molar-refractivity contribution in [3.05, 3.63) is 41.1 Å². The zero-order valence-corrected chi connectivity index (χ0v) is 11.4. The summed E-state index contributed by atoms with van der Waals surface area (Å²) in [5, 5.41) is 11.9. The highest BCUT2D eigenvalue weighted by Gasteiger charge is 2.12. The van der Waals surface area contributed by atoms with Crippen LogP contribution < -0.4 is 5.32 Å². The molecule has 0 unspecified atom stereocenters. The fourth-order valence-electron chi connectivity index (χ4n) is 1.62. The number of halogens is 1. The third-order valence-electron chi connectivity index (χ3n) is 2.66. The van der Waals surface area contributed by atoms with Crippen molar-refractivity contribution in [3.63, 3.8) is 0 Å². The molecule has 0 bridgehead atoms. The molecule has 20 heavy (non-hydrogen) atoms. The molecule has 2 N–H and O–H groups in total. The van der Waals surface area contributed by atoms with Gasteiger partial charge in [0, 0.05) is 12.0 Å². The van der Waals surface area contributed by atoms with Gasteiger partial charge in [-0.1, -0.05) is 18.5 Å². The number of aromatic carboxylic acids is 1. The first-order chi connectivity index (χ1) is 9.51. The summed E-state index contributed by atoms with van der Waals surface area (Å²) in [6.45, 7) is 1.73. The monoisotopic (exact) mass is 293 g/mol. The van der Waals surface area contributed by atoms with E-state index in [0.717, 1.165) is 0 Å². The van der Waals surface area contributed by atoms with E-state index in [-0.39, 0.29) is 11.7 Å². The zero-order chi connectivity index (χ0) is 14.7. The van der Waals surface area contributed by atoms with Gasteiger partial charge < -0.3 is 14.8 Å². The number of rotatable bonds is 4. The van der Waals surface area contributed by atoms with E-state index < -0.39 is 5.97 Å². The quantitative estimate of drug-likeness (QED) is 0.902. The van der Waals surface area contributed by atoms with E-state index in [1.54, 1.807) is 31.2 Å². The highest BCUT2D eigenvalue weighted by Crippen LogP contribution is 2.30. The number of carbonyl (C=O) groups excluding carboxylic acids is 1. The molecule has 6 heteroatoms. The standard InChI is InChI=1S/C14H12ClNO4/c1-2-13(17)16-10-7-8(3-4-9(10)15)11-5-6-12(20-11)14(18)19/h3-7H,2H2,1H3,(H,16,17)(H,18,19). The summed E-state index contributed by atoms with van der Waals surface area (Å²) in [5.41, 5.74) is 1.09. The third kappa shape index (κ3) is 3.00. The highest BCUT2D eigenvalue weighted by atomic mass is 35.5. The Morgan fingerprint density at radius 2 is 2.05 bits per heavy atom. The van der Waals surface area contributed by atoms with E-state index in [2.05, 4.69) is 5.32 Å². The average Bonchev–Trinajstić information content (AvgIpc) is 2.91. The van der Waals surface area contributed by atoms with Gasteiger partial charge in [-0.3, -0.25) is 4.79 Å². The molecule has 0 fully saturated rings. The first kappa shape index (κ1) is 14.1. The number of benzene rings is 1. The van der Waals surface area contributed by atoms with Gasteiger partial charge in [0.15, 0.2) is 0 Å². The van der Waals surface area contributed by atoms with Gasteiger partial charge in [-0.25, -0.2) is 4.79 Å². The Balaban J connectivity index is 2.34. The van der Waals surface area contributed by atoms with E-state index in [9.17, 15) is 9.59 Å². The minimum atomic E-state index is -1.13. The first-order valence-electron chi connectivity index (χ1n) is 5.94. The number of anilines is 1. The van der Waals surface area contributed by atoms with E-state index >= 15 is 0 Å². The summed E-state index contributed by atoms with van der Waals surface area (Å²) in [5.74, 6) is -1.04. The molecule has 1 aromatic heterocycles. The van der Waals surface area contributed by atoms with Crippen LogP contribution in [0.25, 0.3) is 11.3 Å². The zero-order valence-electron chi connectivity index (χ0n) is 10.6. The Morgan fingerprint density at radius 1 is 1.30 bits per heavy atom. The third-order valence-corrected chi connectivity index (χ3v) is 2.99. The molecule has 1 aromatic carbocycles. The van der Waals surface area contributed by atoms with Gasteiger partial charge >= 0.3 is 5.97 Å². The fourth-order valence-corrected chi connectivity index (χ4v) is 1.79. The molecule has 0 aliphatic rings. The summed E-state index contributed by atoms with van der Waals surface area (Å²) < 4.78 is 5.20. The largest absolute Gasteiger partial charge is 0.475 e. The second kappa shape index (κ2) is 5.79. The molecule has 1 amide bonds. The SMILES string of the molecule is CCC(=O)Nc1cc(-c2ccc(C(=O)O)o2)ccc1Cl. The maximum absolute atomic E-state index is 11.4. The predicted octanol–water partition coefficient (Wildman–Crippen LogP) is 3.65. The van der Waals surface area contributed by atoms with Crippen molar-refractivity contribution in [2.24, 2.45) is 0 Å². The van der Waals surface area contributed by atoms with Gasteiger partial charge in [-0.2, -0.15) is 0 Å². The molecule has 0 radical (unpaired) electrons. The second-order valence-corrected chi connectivity index (χ2v) is 4.47. The van der Waals surface area contributed by atoms with Crippen molar-refractivity contribution < 1.29 is 19.1 Å². The summed E-state index contributed by atoms with van der Waals surface area (Å²) in [6, 6.07) is 7.87. The molecule has 104 valence electrons. The van der Waals surface area contributed by atoms with E-state index in [1.165, 1.54) is 6.07 Å². The second-order valence-electron chi connectivity index (χ2n) is 4.07. The van der Waals surface area contributed by atoms with Crippen molar-refractivity contribution in [3.8, 4) is 11.3 Å². The van der Waals surface area contributed by atoms with E-state index in [0.29, 0.717) is 28.5 Å². The molecule has 1 heterocycles. The maximum Gasteiger partial charge on any atom is 0.371 e. The number of hydrogen-bond donors (Lipinski definition) is 2. The van der Waals surface area contributed by atoms with Crippen molar-refractivity contribution in [2.75, 3.05) is 5.32 Å². The number of hydrogen-bond acceptors (Lipinski definition) is 3. The topological polar surface area (TPSA) is 79.5 Å². The number of furan rings is 1. The molecule has 0 aliphatic heterocycles. The van der Waals surface area contributed by atoms with Crippen LogP contribution in [0.1, 0.15) is 23.9 Å². The van der Waals surface area contributed by atoms with Crippen LogP contribution in [0.5, 0.6) is 0 Å². The Bertz CT molecular complexity index is 663. The lowest BCUT2D eigenvalue weighted by atomic mass is 10.1. The lowest BCUT2D eigenvalue weighted by molar-refractivity contribution is -0.115. The summed E-state index contributed by atoms with van der Waals surface area (Å²) in [4.78, 5) is 22.2. The fraction of sp³-hybridized carbons (Fsp3) is 0.143. The van der Waals surface area contributed by atoms with Gasteiger partial charge in [0.2, 0.25) is 11.7 Å². The Kier molecular flexibility index (Phi) is 4.10. The molecule has 0 atom stereocenters. The van der Waals surface area contributed by atoms with Crippen LogP contribution in [0.4, 0.5) is 5.69 Å². The molecule has 5 nitrogen and oxygen atoms in total. The van der Waals surface area contributed by atoms with Gasteiger partial charge in [-0.05, 0) is 30.3 Å². The number of amides is 1. The van der Waals surface area contributed by atoms with Crippen LogP contribution in [-0.2, 0) is 4.79 Å². The van der Waals surface area contributed by atoms with E-state index in [1.807, 2.05) is 0 Å². The Hall–Kier alpha value is -2.27. The summed E-state index contributed by atoms with van der Waals surface area (Å²) >= 11 is 6.00. The number of carboxylic acid groups (broad SMARTS) is 1. The van der Waals surface area contributed by atoms with Crippen LogP contribution in [0.3, 0.4) is 0 Å². The molecule has 2 rings (SSSR count). The molecule has 0 aliphatic carbocycles. The van der Waals surface area contributed by atoms with Crippen molar-refractivity contribution in [1.29, 1.82) is 0 Å². The van der Waals surface area contributed by atoms with Crippen LogP contribution in [-0.4, -0.2) is 17.0 Å². The smallest absolute Gasteiger partial charge is 0.371 e. The van der Waals surface area contributed by atoms with Gasteiger partial charge in [0.05, 0.1) is 10.7 Å². The average molecular weight is 294 g/mol. The number of carbonyl (C=O) groups is 2. The highest BCUT2D eigenvalue weighted by molar-refractivity contribution is 6.33. The van der Waals surface area contributed by atoms with Crippen LogP contribution >= 0.6 is 11.6 Å². The maximum atomic E-state index is 11.4.